The number of nitrogens with zero attached hydrogens (tertiary/aromatic N) is 3. The first-order valence-electron chi connectivity index (χ1n) is 6.00. The van der Waals surface area contributed by atoms with Gasteiger partial charge >= 0.3 is 0 Å². The summed E-state index contributed by atoms with van der Waals surface area (Å²) >= 11 is 4.98. The van der Waals surface area contributed by atoms with E-state index in [9.17, 15) is 4.39 Å². The zero-order chi connectivity index (χ0) is 14.1. The van der Waals surface area contributed by atoms with E-state index in [1.165, 1.54) is 12.3 Å². The lowest BCUT2D eigenvalue weighted by Gasteiger charge is -2.04. The fraction of sp³-hybridized carbons (Fsp3) is 0.0714. The van der Waals surface area contributed by atoms with Gasteiger partial charge < -0.3 is 10.1 Å². The number of halogens is 1. The molecule has 0 saturated carbocycles. The molecule has 100 valence electrons. The number of hydrogen-bond donors (Lipinski definition) is 1. The molecule has 2 N–H and O–H groups in total. The second-order valence-corrected chi connectivity index (χ2v) is 4.89. The van der Waals surface area contributed by atoms with Gasteiger partial charge in [0.25, 0.3) is 0 Å². The van der Waals surface area contributed by atoms with Gasteiger partial charge in [-0.1, -0.05) is 12.2 Å². The predicted molar refractivity (Wildman–Crippen MR) is 78.9 cm³/mol. The van der Waals surface area contributed by atoms with Crippen molar-refractivity contribution in [2.45, 2.75) is 6.42 Å². The highest BCUT2D eigenvalue weighted by Gasteiger charge is 2.15. The molecule has 0 aliphatic rings. The standard InChI is InChI=1S/C14H11FN4S/c15-10-1-2-13-18-14(9-3-5-17-6-4-9)11(7-12(16)20)19(13)8-10/h1-6,8H,7H2,(H2,16,20). The van der Waals surface area contributed by atoms with E-state index in [1.807, 2.05) is 12.1 Å². The van der Waals surface area contributed by atoms with Crippen molar-refractivity contribution in [3.05, 3.63) is 54.4 Å². The molecule has 6 heteroatoms. The molecular formula is C14H11FN4S. The van der Waals surface area contributed by atoms with Gasteiger partial charge in [0.05, 0.1) is 16.4 Å². The fourth-order valence-corrected chi connectivity index (χ4v) is 2.28. The Morgan fingerprint density at radius 3 is 2.70 bits per heavy atom. The maximum atomic E-state index is 13.4. The maximum absolute atomic E-state index is 13.4. The van der Waals surface area contributed by atoms with Crippen LogP contribution >= 0.6 is 12.2 Å². The van der Waals surface area contributed by atoms with Gasteiger partial charge in [0.15, 0.2) is 0 Å². The minimum absolute atomic E-state index is 0.333. The van der Waals surface area contributed by atoms with Crippen molar-refractivity contribution in [2.24, 2.45) is 5.73 Å². The molecule has 3 aromatic heterocycles. The van der Waals surface area contributed by atoms with Crippen molar-refractivity contribution in [1.29, 1.82) is 0 Å². The molecule has 0 aliphatic carbocycles. The Labute approximate surface area is 120 Å². The first kappa shape index (κ1) is 12.7. The second kappa shape index (κ2) is 4.97. The molecule has 0 unspecified atom stereocenters. The van der Waals surface area contributed by atoms with E-state index in [0.717, 1.165) is 17.0 Å². The number of fused-ring (bicyclic) bond motifs is 1. The Hall–Kier alpha value is -2.34. The molecule has 0 bridgehead atoms. The molecule has 3 heterocycles. The topological polar surface area (TPSA) is 56.2 Å². The zero-order valence-electron chi connectivity index (χ0n) is 10.5. The fourth-order valence-electron chi connectivity index (χ4n) is 2.14. The number of aromatic nitrogens is 3. The molecule has 0 atom stereocenters. The third-order valence-corrected chi connectivity index (χ3v) is 3.12. The second-order valence-electron chi connectivity index (χ2n) is 4.36. The van der Waals surface area contributed by atoms with Crippen molar-refractivity contribution in [3.63, 3.8) is 0 Å². The smallest absolute Gasteiger partial charge is 0.139 e. The van der Waals surface area contributed by atoms with Crippen molar-refractivity contribution >= 4 is 22.9 Å². The quantitative estimate of drug-likeness (QED) is 0.751. The number of thiocarbonyl (C=S) groups is 1. The summed E-state index contributed by atoms with van der Waals surface area (Å²) in [5.41, 5.74) is 8.72. The molecule has 0 aliphatic heterocycles. The van der Waals surface area contributed by atoms with E-state index in [1.54, 1.807) is 22.9 Å². The van der Waals surface area contributed by atoms with E-state index in [-0.39, 0.29) is 5.82 Å². The van der Waals surface area contributed by atoms with E-state index >= 15 is 0 Å². The number of nitrogens with two attached hydrogens (primary N) is 1. The highest BCUT2D eigenvalue weighted by atomic mass is 32.1. The molecular weight excluding hydrogens is 275 g/mol. The van der Waals surface area contributed by atoms with Gasteiger partial charge in [-0.05, 0) is 24.3 Å². The van der Waals surface area contributed by atoms with Crippen molar-refractivity contribution in [3.8, 4) is 11.3 Å². The first-order chi connectivity index (χ1) is 9.65. The average Bonchev–Trinajstić information content (AvgIpc) is 2.77. The molecule has 0 spiro atoms. The summed E-state index contributed by atoms with van der Waals surface area (Å²) in [6, 6.07) is 6.70. The maximum Gasteiger partial charge on any atom is 0.139 e. The van der Waals surface area contributed by atoms with E-state index < -0.39 is 0 Å². The summed E-state index contributed by atoms with van der Waals surface area (Å²) in [5.74, 6) is -0.333. The van der Waals surface area contributed by atoms with Crippen LogP contribution < -0.4 is 5.73 Å². The largest absolute Gasteiger partial charge is 0.393 e. The van der Waals surface area contributed by atoms with Gasteiger partial charge in [0.2, 0.25) is 0 Å². The summed E-state index contributed by atoms with van der Waals surface area (Å²) in [4.78, 5) is 8.85. The van der Waals surface area contributed by atoms with Crippen LogP contribution in [-0.2, 0) is 6.42 Å². The van der Waals surface area contributed by atoms with Crippen LogP contribution in [0, 0.1) is 5.82 Å². The lowest BCUT2D eigenvalue weighted by molar-refractivity contribution is 0.618. The van der Waals surface area contributed by atoms with Crippen LogP contribution in [-0.4, -0.2) is 19.4 Å². The van der Waals surface area contributed by atoms with Gasteiger partial charge in [-0.2, -0.15) is 0 Å². The lowest BCUT2D eigenvalue weighted by Crippen LogP contribution is -2.13. The molecule has 20 heavy (non-hydrogen) atoms. The van der Waals surface area contributed by atoms with Gasteiger partial charge in [-0.3, -0.25) is 4.98 Å². The molecule has 0 amide bonds. The number of hydrogen-bond acceptors (Lipinski definition) is 3. The first-order valence-corrected chi connectivity index (χ1v) is 6.41. The number of rotatable bonds is 3. The Balaban J connectivity index is 2.28. The Bertz CT molecular complexity index is 782. The van der Waals surface area contributed by atoms with Crippen LogP contribution in [0.3, 0.4) is 0 Å². The van der Waals surface area contributed by atoms with E-state index in [0.29, 0.717) is 17.1 Å². The number of imidazole rings is 1. The van der Waals surface area contributed by atoms with Crippen LogP contribution in [0.1, 0.15) is 5.69 Å². The average molecular weight is 286 g/mol. The van der Waals surface area contributed by atoms with Crippen LogP contribution in [0.15, 0.2) is 42.9 Å². The lowest BCUT2D eigenvalue weighted by atomic mass is 10.1. The van der Waals surface area contributed by atoms with E-state index in [2.05, 4.69) is 9.97 Å². The van der Waals surface area contributed by atoms with Gasteiger partial charge in [0, 0.05) is 30.6 Å². The zero-order valence-corrected chi connectivity index (χ0v) is 11.3. The van der Waals surface area contributed by atoms with Crippen molar-refractivity contribution in [2.75, 3.05) is 0 Å². The highest BCUT2D eigenvalue weighted by Crippen LogP contribution is 2.24. The van der Waals surface area contributed by atoms with Crippen LogP contribution in [0.5, 0.6) is 0 Å². The third-order valence-electron chi connectivity index (χ3n) is 2.98. The molecule has 0 radical (unpaired) electrons. The van der Waals surface area contributed by atoms with Crippen molar-refractivity contribution < 1.29 is 4.39 Å². The van der Waals surface area contributed by atoms with Crippen LogP contribution in [0.25, 0.3) is 16.9 Å². The Morgan fingerprint density at radius 1 is 1.25 bits per heavy atom. The minimum atomic E-state index is -0.333. The summed E-state index contributed by atoms with van der Waals surface area (Å²) in [6.07, 6.45) is 5.12. The molecule has 4 nitrogen and oxygen atoms in total. The van der Waals surface area contributed by atoms with Crippen LogP contribution in [0.2, 0.25) is 0 Å². The van der Waals surface area contributed by atoms with Gasteiger partial charge in [-0.15, -0.1) is 0 Å². The molecule has 0 fully saturated rings. The Morgan fingerprint density at radius 2 is 2.00 bits per heavy atom. The molecule has 0 saturated heterocycles. The van der Waals surface area contributed by atoms with Crippen LogP contribution in [0.4, 0.5) is 4.39 Å². The normalized spacial score (nSPS) is 10.8. The Kier molecular flexibility index (Phi) is 3.15. The number of pyridine rings is 2. The predicted octanol–water partition coefficient (Wildman–Crippen LogP) is 2.36. The molecule has 3 rings (SSSR count). The van der Waals surface area contributed by atoms with E-state index in [4.69, 9.17) is 18.0 Å². The van der Waals surface area contributed by atoms with Gasteiger partial charge in [-0.25, -0.2) is 9.37 Å². The summed E-state index contributed by atoms with van der Waals surface area (Å²) in [6.45, 7) is 0. The van der Waals surface area contributed by atoms with Gasteiger partial charge in [0.1, 0.15) is 11.5 Å². The summed E-state index contributed by atoms with van der Waals surface area (Å²) < 4.78 is 15.1. The summed E-state index contributed by atoms with van der Waals surface area (Å²) in [5, 5.41) is 0. The minimum Gasteiger partial charge on any atom is -0.393 e. The molecule has 0 aromatic carbocycles. The summed E-state index contributed by atoms with van der Waals surface area (Å²) in [7, 11) is 0. The van der Waals surface area contributed by atoms with Crippen molar-refractivity contribution in [1.82, 2.24) is 14.4 Å². The highest BCUT2D eigenvalue weighted by molar-refractivity contribution is 7.80. The molecule has 3 aromatic rings. The monoisotopic (exact) mass is 286 g/mol. The third kappa shape index (κ3) is 2.25. The SMILES string of the molecule is NC(=S)Cc1c(-c2ccncc2)nc2ccc(F)cn12.